The first kappa shape index (κ1) is 10.4. The third-order valence-corrected chi connectivity index (χ3v) is 2.76. The molecule has 1 aromatic rings. The van der Waals surface area contributed by atoms with Crippen molar-refractivity contribution in [2.75, 3.05) is 6.54 Å². The SMILES string of the molecule is C=CCN(Cc1ccccc1F)C1CC1. The molecular formula is C13H16FN. The molecule has 15 heavy (non-hydrogen) atoms. The van der Waals surface area contributed by atoms with Gasteiger partial charge in [-0.25, -0.2) is 4.39 Å². The average molecular weight is 205 g/mol. The van der Waals surface area contributed by atoms with Crippen LogP contribution in [0.4, 0.5) is 4.39 Å². The van der Waals surface area contributed by atoms with E-state index in [1.165, 1.54) is 18.9 Å². The Labute approximate surface area is 90.2 Å². The first-order chi connectivity index (χ1) is 7.31. The van der Waals surface area contributed by atoms with E-state index in [0.717, 1.165) is 12.1 Å². The summed E-state index contributed by atoms with van der Waals surface area (Å²) in [5.41, 5.74) is 0.784. The number of hydrogen-bond acceptors (Lipinski definition) is 1. The van der Waals surface area contributed by atoms with Gasteiger partial charge in [-0.05, 0) is 18.9 Å². The largest absolute Gasteiger partial charge is 0.292 e. The Hall–Kier alpha value is -1.15. The Kier molecular flexibility index (Phi) is 3.17. The molecule has 0 bridgehead atoms. The summed E-state index contributed by atoms with van der Waals surface area (Å²) >= 11 is 0. The van der Waals surface area contributed by atoms with E-state index >= 15 is 0 Å². The van der Waals surface area contributed by atoms with Crippen molar-refractivity contribution < 1.29 is 4.39 Å². The molecule has 0 aliphatic heterocycles. The average Bonchev–Trinajstić information content (AvgIpc) is 3.04. The Balaban J connectivity index is 2.05. The van der Waals surface area contributed by atoms with Gasteiger partial charge in [0.1, 0.15) is 5.82 Å². The molecule has 0 aromatic heterocycles. The van der Waals surface area contributed by atoms with Crippen molar-refractivity contribution in [1.29, 1.82) is 0 Å². The van der Waals surface area contributed by atoms with Gasteiger partial charge in [0.15, 0.2) is 0 Å². The lowest BCUT2D eigenvalue weighted by Gasteiger charge is -2.20. The first-order valence-corrected chi connectivity index (χ1v) is 5.39. The van der Waals surface area contributed by atoms with Crippen molar-refractivity contribution in [3.05, 3.63) is 48.3 Å². The molecule has 80 valence electrons. The molecule has 1 aromatic carbocycles. The van der Waals surface area contributed by atoms with Crippen LogP contribution in [0.1, 0.15) is 18.4 Å². The van der Waals surface area contributed by atoms with Gasteiger partial charge in [0.25, 0.3) is 0 Å². The lowest BCUT2D eigenvalue weighted by Crippen LogP contribution is -2.25. The molecule has 2 rings (SSSR count). The van der Waals surface area contributed by atoms with E-state index in [1.807, 2.05) is 18.2 Å². The molecule has 0 saturated heterocycles. The van der Waals surface area contributed by atoms with Gasteiger partial charge in [-0.15, -0.1) is 6.58 Å². The van der Waals surface area contributed by atoms with Crippen LogP contribution in [0, 0.1) is 5.82 Å². The third-order valence-electron chi connectivity index (χ3n) is 2.76. The van der Waals surface area contributed by atoms with Crippen LogP contribution in [-0.4, -0.2) is 17.5 Å². The van der Waals surface area contributed by atoms with Crippen molar-refractivity contribution in [2.45, 2.75) is 25.4 Å². The van der Waals surface area contributed by atoms with Gasteiger partial charge in [0.05, 0.1) is 0 Å². The van der Waals surface area contributed by atoms with Crippen molar-refractivity contribution in [2.24, 2.45) is 0 Å². The van der Waals surface area contributed by atoms with Gasteiger partial charge in [0, 0.05) is 24.7 Å². The van der Waals surface area contributed by atoms with Crippen molar-refractivity contribution in [1.82, 2.24) is 4.90 Å². The van der Waals surface area contributed by atoms with Gasteiger partial charge in [-0.2, -0.15) is 0 Å². The van der Waals surface area contributed by atoms with Gasteiger partial charge in [-0.1, -0.05) is 24.3 Å². The summed E-state index contributed by atoms with van der Waals surface area (Å²) in [5.74, 6) is -0.104. The van der Waals surface area contributed by atoms with E-state index in [2.05, 4.69) is 11.5 Å². The fourth-order valence-electron chi connectivity index (χ4n) is 1.79. The molecule has 0 radical (unpaired) electrons. The molecule has 0 amide bonds. The highest BCUT2D eigenvalue weighted by Crippen LogP contribution is 2.28. The topological polar surface area (TPSA) is 3.24 Å². The normalized spacial score (nSPS) is 15.6. The summed E-state index contributed by atoms with van der Waals surface area (Å²) in [6.45, 7) is 5.28. The predicted molar refractivity (Wildman–Crippen MR) is 60.0 cm³/mol. The summed E-state index contributed by atoms with van der Waals surface area (Å²) in [6.07, 6.45) is 4.36. The fourth-order valence-corrected chi connectivity index (χ4v) is 1.79. The maximum atomic E-state index is 13.4. The number of halogens is 1. The van der Waals surface area contributed by atoms with Gasteiger partial charge < -0.3 is 0 Å². The van der Waals surface area contributed by atoms with E-state index in [0.29, 0.717) is 12.6 Å². The standard InChI is InChI=1S/C13H16FN/c1-2-9-15(12-7-8-12)10-11-5-3-4-6-13(11)14/h2-6,12H,1,7-10H2. The fraction of sp³-hybridized carbons (Fsp3) is 0.385. The number of benzene rings is 1. The summed E-state index contributed by atoms with van der Waals surface area (Å²) in [7, 11) is 0. The molecule has 1 nitrogen and oxygen atoms in total. The molecule has 0 atom stereocenters. The van der Waals surface area contributed by atoms with E-state index in [4.69, 9.17) is 0 Å². The van der Waals surface area contributed by atoms with Crippen LogP contribution in [-0.2, 0) is 6.54 Å². The number of hydrogen-bond donors (Lipinski definition) is 0. The van der Waals surface area contributed by atoms with E-state index < -0.39 is 0 Å². The Morgan fingerprint density at radius 2 is 2.13 bits per heavy atom. The van der Waals surface area contributed by atoms with Crippen LogP contribution in [0.15, 0.2) is 36.9 Å². The second kappa shape index (κ2) is 4.58. The van der Waals surface area contributed by atoms with E-state index in [1.54, 1.807) is 6.07 Å². The molecule has 2 heteroatoms. The predicted octanol–water partition coefficient (Wildman–Crippen LogP) is 2.98. The highest BCUT2D eigenvalue weighted by molar-refractivity contribution is 5.17. The molecule has 1 aliphatic rings. The maximum Gasteiger partial charge on any atom is 0.127 e. The second-order valence-electron chi connectivity index (χ2n) is 4.04. The van der Waals surface area contributed by atoms with Crippen molar-refractivity contribution >= 4 is 0 Å². The molecule has 0 heterocycles. The van der Waals surface area contributed by atoms with Crippen LogP contribution >= 0.6 is 0 Å². The van der Waals surface area contributed by atoms with Crippen LogP contribution in [0.5, 0.6) is 0 Å². The monoisotopic (exact) mass is 205 g/mol. The highest BCUT2D eigenvalue weighted by atomic mass is 19.1. The summed E-state index contributed by atoms with van der Waals surface area (Å²) in [5, 5.41) is 0. The molecular weight excluding hydrogens is 189 g/mol. The molecule has 0 unspecified atom stereocenters. The zero-order chi connectivity index (χ0) is 10.7. The summed E-state index contributed by atoms with van der Waals surface area (Å²) < 4.78 is 13.4. The van der Waals surface area contributed by atoms with E-state index in [-0.39, 0.29) is 5.82 Å². The minimum atomic E-state index is -0.104. The van der Waals surface area contributed by atoms with Gasteiger partial charge in [-0.3, -0.25) is 4.90 Å². The van der Waals surface area contributed by atoms with Crippen LogP contribution < -0.4 is 0 Å². The summed E-state index contributed by atoms with van der Waals surface area (Å²) in [4.78, 5) is 2.28. The molecule has 0 spiro atoms. The number of nitrogens with zero attached hydrogens (tertiary/aromatic N) is 1. The summed E-state index contributed by atoms with van der Waals surface area (Å²) in [6, 6.07) is 7.63. The zero-order valence-electron chi connectivity index (χ0n) is 8.82. The van der Waals surface area contributed by atoms with Gasteiger partial charge >= 0.3 is 0 Å². The minimum Gasteiger partial charge on any atom is -0.292 e. The molecule has 1 fully saturated rings. The molecule has 0 N–H and O–H groups in total. The van der Waals surface area contributed by atoms with Crippen LogP contribution in [0.3, 0.4) is 0 Å². The van der Waals surface area contributed by atoms with Crippen molar-refractivity contribution in [3.63, 3.8) is 0 Å². The molecule has 1 saturated carbocycles. The smallest absolute Gasteiger partial charge is 0.127 e. The zero-order valence-corrected chi connectivity index (χ0v) is 8.82. The third kappa shape index (κ3) is 2.66. The maximum absolute atomic E-state index is 13.4. The van der Waals surface area contributed by atoms with Crippen LogP contribution in [0.2, 0.25) is 0 Å². The number of rotatable bonds is 5. The lowest BCUT2D eigenvalue weighted by atomic mass is 10.2. The Morgan fingerprint density at radius 3 is 2.73 bits per heavy atom. The van der Waals surface area contributed by atoms with Crippen molar-refractivity contribution in [3.8, 4) is 0 Å². The molecule has 1 aliphatic carbocycles. The first-order valence-electron chi connectivity index (χ1n) is 5.39. The minimum absolute atomic E-state index is 0.104. The van der Waals surface area contributed by atoms with Gasteiger partial charge in [0.2, 0.25) is 0 Å². The van der Waals surface area contributed by atoms with Crippen LogP contribution in [0.25, 0.3) is 0 Å². The Bertz CT molecular complexity index is 344. The lowest BCUT2D eigenvalue weighted by molar-refractivity contribution is 0.279. The Morgan fingerprint density at radius 1 is 1.40 bits per heavy atom. The quantitative estimate of drug-likeness (QED) is 0.668. The van der Waals surface area contributed by atoms with E-state index in [9.17, 15) is 4.39 Å². The highest BCUT2D eigenvalue weighted by Gasteiger charge is 2.28. The second-order valence-corrected chi connectivity index (χ2v) is 4.04.